The summed E-state index contributed by atoms with van der Waals surface area (Å²) < 4.78 is 5.21. The molecule has 0 aliphatic carbocycles. The van der Waals surface area contributed by atoms with E-state index in [4.69, 9.17) is 17.0 Å². The molecule has 116 valence electrons. The van der Waals surface area contributed by atoms with Crippen LogP contribution in [0.3, 0.4) is 0 Å². The van der Waals surface area contributed by atoms with Gasteiger partial charge in [0, 0.05) is 31.4 Å². The van der Waals surface area contributed by atoms with Crippen LogP contribution in [0.5, 0.6) is 11.5 Å². The van der Waals surface area contributed by atoms with E-state index in [-0.39, 0.29) is 11.5 Å². The molecule has 1 aromatic carbocycles. The van der Waals surface area contributed by atoms with Gasteiger partial charge in [0.15, 0.2) is 5.11 Å². The zero-order chi connectivity index (χ0) is 15.7. The van der Waals surface area contributed by atoms with E-state index < -0.39 is 0 Å². The predicted molar refractivity (Wildman–Crippen MR) is 86.8 cm³/mol. The molecule has 0 aliphatic heterocycles. The summed E-state index contributed by atoms with van der Waals surface area (Å²) in [6, 6.07) is 4.33. The van der Waals surface area contributed by atoms with Crippen molar-refractivity contribution in [2.75, 3.05) is 19.8 Å². The van der Waals surface area contributed by atoms with Gasteiger partial charge >= 0.3 is 0 Å². The number of nitrogens with one attached hydrogen (secondary N) is 2. The summed E-state index contributed by atoms with van der Waals surface area (Å²) in [6.45, 7) is 5.79. The average molecular weight is 311 g/mol. The van der Waals surface area contributed by atoms with Gasteiger partial charge in [-0.15, -0.1) is 0 Å². The Morgan fingerprint density at radius 1 is 1.38 bits per heavy atom. The van der Waals surface area contributed by atoms with Crippen LogP contribution in [-0.4, -0.2) is 40.8 Å². The smallest absolute Gasteiger partial charge is 0.186 e. The lowest BCUT2D eigenvalue weighted by atomic mass is 10.1. The second kappa shape index (κ2) is 9.15. The molecule has 0 aromatic heterocycles. The van der Waals surface area contributed by atoms with Gasteiger partial charge in [-0.05, 0) is 44.6 Å². The monoisotopic (exact) mass is 311 g/mol. The Hall–Kier alpha value is -1.86. The number of thiocarbonyl (C=S) groups is 1. The minimum absolute atomic E-state index is 0.00324. The summed E-state index contributed by atoms with van der Waals surface area (Å²) in [6.07, 6.45) is 0.858. The molecule has 0 radical (unpaired) electrons. The van der Waals surface area contributed by atoms with Crippen LogP contribution in [0.1, 0.15) is 25.8 Å². The molecule has 0 spiro atoms. The SMILES string of the molecule is CCOCCCNC(=S)N/N=C(\C)c1ccc(O)cc1O. The maximum atomic E-state index is 9.72. The molecule has 6 nitrogen and oxygen atoms in total. The van der Waals surface area contributed by atoms with Crippen molar-refractivity contribution in [3.8, 4) is 11.5 Å². The standard InChI is InChI=1S/C14H21N3O3S/c1-3-20-8-4-7-15-14(21)17-16-10(2)12-6-5-11(18)9-13(12)19/h5-6,9,18-19H,3-4,7-8H2,1-2H3,(H2,15,17,21)/b16-10+. The zero-order valence-corrected chi connectivity index (χ0v) is 13.0. The first-order chi connectivity index (χ1) is 10.0. The number of phenols is 2. The van der Waals surface area contributed by atoms with Gasteiger partial charge in [0.25, 0.3) is 0 Å². The molecule has 0 bridgehead atoms. The summed E-state index contributed by atoms with van der Waals surface area (Å²) in [5.41, 5.74) is 3.80. The second-order valence-corrected chi connectivity index (χ2v) is 4.73. The first-order valence-electron chi connectivity index (χ1n) is 6.72. The number of nitrogens with zero attached hydrogens (tertiary/aromatic N) is 1. The van der Waals surface area contributed by atoms with Gasteiger partial charge in [-0.2, -0.15) is 5.10 Å². The van der Waals surface area contributed by atoms with Crippen LogP contribution < -0.4 is 10.7 Å². The maximum absolute atomic E-state index is 9.72. The van der Waals surface area contributed by atoms with Crippen molar-refractivity contribution in [3.63, 3.8) is 0 Å². The quantitative estimate of drug-likeness (QED) is 0.265. The lowest BCUT2D eigenvalue weighted by Crippen LogP contribution is -2.33. The van der Waals surface area contributed by atoms with Gasteiger partial charge in [-0.1, -0.05) is 0 Å². The van der Waals surface area contributed by atoms with Crippen molar-refractivity contribution in [2.45, 2.75) is 20.3 Å². The molecule has 0 aliphatic rings. The molecular weight excluding hydrogens is 290 g/mol. The van der Waals surface area contributed by atoms with Gasteiger partial charge in [-0.3, -0.25) is 5.43 Å². The van der Waals surface area contributed by atoms with Gasteiger partial charge in [0.1, 0.15) is 11.5 Å². The van der Waals surface area contributed by atoms with Gasteiger partial charge in [-0.25, -0.2) is 0 Å². The number of phenolic OH excluding ortho intramolecular Hbond substituents is 2. The summed E-state index contributed by atoms with van der Waals surface area (Å²) in [7, 11) is 0. The molecule has 0 atom stereocenters. The molecule has 1 rings (SSSR count). The fourth-order valence-electron chi connectivity index (χ4n) is 1.58. The van der Waals surface area contributed by atoms with Crippen LogP contribution in [0.15, 0.2) is 23.3 Å². The van der Waals surface area contributed by atoms with Crippen molar-refractivity contribution in [1.82, 2.24) is 10.7 Å². The third-order valence-corrected chi connectivity index (χ3v) is 2.89. The van der Waals surface area contributed by atoms with E-state index in [0.29, 0.717) is 36.1 Å². The molecule has 0 heterocycles. The highest BCUT2D eigenvalue weighted by atomic mass is 32.1. The number of aromatic hydroxyl groups is 2. The van der Waals surface area contributed by atoms with E-state index in [2.05, 4.69) is 15.8 Å². The molecule has 0 amide bonds. The Labute approximate surface area is 129 Å². The van der Waals surface area contributed by atoms with E-state index in [1.165, 1.54) is 12.1 Å². The van der Waals surface area contributed by atoms with E-state index in [1.54, 1.807) is 13.0 Å². The summed E-state index contributed by atoms with van der Waals surface area (Å²) >= 11 is 5.08. The number of rotatable bonds is 7. The first-order valence-corrected chi connectivity index (χ1v) is 7.13. The van der Waals surface area contributed by atoms with Crippen LogP contribution >= 0.6 is 12.2 Å². The number of hydrogen-bond acceptors (Lipinski definition) is 5. The molecule has 21 heavy (non-hydrogen) atoms. The van der Waals surface area contributed by atoms with E-state index in [0.717, 1.165) is 6.42 Å². The first kappa shape index (κ1) is 17.2. The fourth-order valence-corrected chi connectivity index (χ4v) is 1.73. The lowest BCUT2D eigenvalue weighted by Gasteiger charge is -2.09. The highest BCUT2D eigenvalue weighted by molar-refractivity contribution is 7.80. The summed E-state index contributed by atoms with van der Waals surface area (Å²) in [5, 5.41) is 26.5. The van der Waals surface area contributed by atoms with Gasteiger partial charge < -0.3 is 20.3 Å². The number of hydrogen-bond donors (Lipinski definition) is 4. The van der Waals surface area contributed by atoms with Crippen molar-refractivity contribution < 1.29 is 14.9 Å². The highest BCUT2D eigenvalue weighted by Gasteiger charge is 2.05. The number of ether oxygens (including phenoxy) is 1. The largest absolute Gasteiger partial charge is 0.508 e. The Bertz CT molecular complexity index is 506. The van der Waals surface area contributed by atoms with Crippen LogP contribution in [0.2, 0.25) is 0 Å². The van der Waals surface area contributed by atoms with Crippen molar-refractivity contribution >= 4 is 23.0 Å². The maximum Gasteiger partial charge on any atom is 0.186 e. The lowest BCUT2D eigenvalue weighted by molar-refractivity contribution is 0.145. The predicted octanol–water partition coefficient (Wildman–Crippen LogP) is 1.71. The average Bonchev–Trinajstić information content (AvgIpc) is 2.44. The van der Waals surface area contributed by atoms with Crippen LogP contribution in [0.4, 0.5) is 0 Å². The van der Waals surface area contributed by atoms with Gasteiger partial charge in [0.05, 0.1) is 5.71 Å². The Morgan fingerprint density at radius 3 is 2.81 bits per heavy atom. The van der Waals surface area contributed by atoms with Gasteiger partial charge in [0.2, 0.25) is 0 Å². The fraction of sp³-hybridized carbons (Fsp3) is 0.429. The molecule has 0 saturated carbocycles. The van der Waals surface area contributed by atoms with Crippen LogP contribution in [0.25, 0.3) is 0 Å². The normalized spacial score (nSPS) is 11.2. The van der Waals surface area contributed by atoms with E-state index in [1.807, 2.05) is 6.92 Å². The molecule has 0 saturated heterocycles. The minimum atomic E-state index is -0.0337. The zero-order valence-electron chi connectivity index (χ0n) is 12.2. The third-order valence-electron chi connectivity index (χ3n) is 2.65. The van der Waals surface area contributed by atoms with Crippen molar-refractivity contribution in [1.29, 1.82) is 0 Å². The van der Waals surface area contributed by atoms with E-state index >= 15 is 0 Å². The molecule has 0 unspecified atom stereocenters. The minimum Gasteiger partial charge on any atom is -0.508 e. The molecule has 7 heteroatoms. The van der Waals surface area contributed by atoms with Crippen molar-refractivity contribution in [3.05, 3.63) is 23.8 Å². The Morgan fingerprint density at radius 2 is 2.14 bits per heavy atom. The molecule has 1 aromatic rings. The Kier molecular flexibility index (Phi) is 7.49. The van der Waals surface area contributed by atoms with E-state index in [9.17, 15) is 10.2 Å². The molecular formula is C14H21N3O3S. The third kappa shape index (κ3) is 6.42. The summed E-state index contributed by atoms with van der Waals surface area (Å²) in [4.78, 5) is 0. The van der Waals surface area contributed by atoms with Crippen LogP contribution in [-0.2, 0) is 4.74 Å². The van der Waals surface area contributed by atoms with Crippen LogP contribution in [0, 0.1) is 0 Å². The number of hydrazone groups is 1. The number of benzene rings is 1. The Balaban J connectivity index is 2.42. The second-order valence-electron chi connectivity index (χ2n) is 4.32. The van der Waals surface area contributed by atoms with Crippen molar-refractivity contribution in [2.24, 2.45) is 5.10 Å². The topological polar surface area (TPSA) is 86.1 Å². The molecule has 4 N–H and O–H groups in total. The molecule has 0 fully saturated rings. The summed E-state index contributed by atoms with van der Waals surface area (Å²) in [5.74, 6) is -0.0304. The highest BCUT2D eigenvalue weighted by Crippen LogP contribution is 2.22.